The molecule has 0 bridgehead atoms. The second kappa shape index (κ2) is 6.88. The van der Waals surface area contributed by atoms with E-state index in [4.69, 9.17) is 18.9 Å². The number of carbonyl (C=O) groups excluding carboxylic acids is 2. The molecule has 2 unspecified atom stereocenters. The van der Waals surface area contributed by atoms with Crippen molar-refractivity contribution in [3.8, 4) is 0 Å². The Morgan fingerprint density at radius 1 is 1.21 bits per heavy atom. The SMILES string of the molecule is CC1(C)OCC(C2OC(=O)C(OC(=O)C(C)(C)C)=C2OS(=O)(=O)C(F)(F)F)O1. The van der Waals surface area contributed by atoms with Crippen LogP contribution in [-0.2, 0) is 42.8 Å². The molecule has 0 aromatic carbocycles. The van der Waals surface area contributed by atoms with E-state index < -0.39 is 62.5 Å². The summed E-state index contributed by atoms with van der Waals surface area (Å²) in [6, 6.07) is 0. The van der Waals surface area contributed by atoms with Gasteiger partial charge in [-0.3, -0.25) is 4.79 Å². The summed E-state index contributed by atoms with van der Waals surface area (Å²) >= 11 is 0. The van der Waals surface area contributed by atoms with Gasteiger partial charge in [-0.25, -0.2) is 4.79 Å². The Labute approximate surface area is 158 Å². The number of hydrogen-bond acceptors (Lipinski definition) is 9. The molecule has 2 atom stereocenters. The Hall–Kier alpha value is -1.86. The Balaban J connectivity index is 2.47. The quantitative estimate of drug-likeness (QED) is 0.372. The zero-order valence-electron chi connectivity index (χ0n) is 15.6. The molecule has 1 fully saturated rings. The van der Waals surface area contributed by atoms with Crippen LogP contribution in [0.15, 0.2) is 11.5 Å². The monoisotopic (exact) mass is 432 g/mol. The van der Waals surface area contributed by atoms with Crippen LogP contribution < -0.4 is 0 Å². The molecular formula is C15H19F3O9S. The number of esters is 2. The van der Waals surface area contributed by atoms with E-state index in [0.717, 1.165) is 0 Å². The summed E-state index contributed by atoms with van der Waals surface area (Å²) in [4.78, 5) is 24.2. The van der Waals surface area contributed by atoms with E-state index in [-0.39, 0.29) is 6.61 Å². The Morgan fingerprint density at radius 3 is 2.21 bits per heavy atom. The third-order valence-corrected chi connectivity index (χ3v) is 4.53. The third-order valence-electron chi connectivity index (χ3n) is 3.56. The predicted octanol–water partition coefficient (Wildman–Crippen LogP) is 1.73. The minimum absolute atomic E-state index is 0.246. The first kappa shape index (κ1) is 22.4. The van der Waals surface area contributed by atoms with Crippen molar-refractivity contribution in [2.24, 2.45) is 5.41 Å². The molecule has 0 saturated carbocycles. The fourth-order valence-electron chi connectivity index (χ4n) is 2.15. The average molecular weight is 432 g/mol. The summed E-state index contributed by atoms with van der Waals surface area (Å²) in [5.41, 5.74) is -6.95. The highest BCUT2D eigenvalue weighted by Crippen LogP contribution is 2.38. The second-order valence-corrected chi connectivity index (χ2v) is 9.05. The van der Waals surface area contributed by atoms with Crippen molar-refractivity contribution < 1.29 is 54.3 Å². The van der Waals surface area contributed by atoms with Crippen LogP contribution in [0.5, 0.6) is 0 Å². The molecule has 28 heavy (non-hydrogen) atoms. The van der Waals surface area contributed by atoms with Crippen LogP contribution in [0.2, 0.25) is 0 Å². The predicted molar refractivity (Wildman–Crippen MR) is 83.4 cm³/mol. The number of halogens is 3. The van der Waals surface area contributed by atoms with Crippen molar-refractivity contribution in [2.45, 2.75) is 58.1 Å². The van der Waals surface area contributed by atoms with E-state index in [2.05, 4.69) is 4.18 Å². The average Bonchev–Trinajstić information content (AvgIpc) is 2.98. The lowest BCUT2D eigenvalue weighted by Gasteiger charge is -2.22. The van der Waals surface area contributed by atoms with Gasteiger partial charge in [0.2, 0.25) is 5.76 Å². The molecule has 2 aliphatic heterocycles. The normalized spacial score (nSPS) is 25.6. The lowest BCUT2D eigenvalue weighted by Crippen LogP contribution is -2.35. The first-order valence-corrected chi connectivity index (χ1v) is 9.35. The van der Waals surface area contributed by atoms with Crippen LogP contribution in [0, 0.1) is 5.41 Å². The van der Waals surface area contributed by atoms with E-state index in [9.17, 15) is 31.2 Å². The fourth-order valence-corrected chi connectivity index (χ4v) is 2.65. The van der Waals surface area contributed by atoms with Gasteiger partial charge in [0, 0.05) is 0 Å². The van der Waals surface area contributed by atoms with Gasteiger partial charge in [-0.2, -0.15) is 21.6 Å². The molecule has 0 spiro atoms. The molecule has 160 valence electrons. The topological polar surface area (TPSA) is 114 Å². The van der Waals surface area contributed by atoms with Crippen LogP contribution in [0.4, 0.5) is 13.2 Å². The van der Waals surface area contributed by atoms with Gasteiger partial charge in [0.25, 0.3) is 5.76 Å². The van der Waals surface area contributed by atoms with E-state index >= 15 is 0 Å². The molecular weight excluding hydrogens is 413 g/mol. The van der Waals surface area contributed by atoms with Crippen molar-refractivity contribution in [3.63, 3.8) is 0 Å². The molecule has 0 aliphatic carbocycles. The summed E-state index contributed by atoms with van der Waals surface area (Å²) in [5, 5.41) is 0. The summed E-state index contributed by atoms with van der Waals surface area (Å²) in [6.07, 6.45) is -2.92. The van der Waals surface area contributed by atoms with Crippen molar-refractivity contribution in [3.05, 3.63) is 11.5 Å². The van der Waals surface area contributed by atoms with Gasteiger partial charge in [0.15, 0.2) is 11.9 Å². The fraction of sp³-hybridized carbons (Fsp3) is 0.733. The molecule has 2 heterocycles. The first-order chi connectivity index (χ1) is 12.4. The minimum Gasteiger partial charge on any atom is -0.445 e. The van der Waals surface area contributed by atoms with E-state index in [1.807, 2.05) is 0 Å². The lowest BCUT2D eigenvalue weighted by atomic mass is 9.97. The Morgan fingerprint density at radius 2 is 1.79 bits per heavy atom. The molecule has 9 nitrogen and oxygen atoms in total. The number of carbonyl (C=O) groups is 2. The molecule has 13 heteroatoms. The Kier molecular flexibility index (Phi) is 5.51. The van der Waals surface area contributed by atoms with Gasteiger partial charge in [-0.15, -0.1) is 0 Å². The third kappa shape index (κ3) is 4.58. The van der Waals surface area contributed by atoms with Gasteiger partial charge in [0.1, 0.15) is 6.10 Å². The van der Waals surface area contributed by atoms with Crippen molar-refractivity contribution in [1.82, 2.24) is 0 Å². The summed E-state index contributed by atoms with van der Waals surface area (Å²) in [6.45, 7) is 6.97. The molecule has 0 aromatic heterocycles. The maximum absolute atomic E-state index is 12.8. The standard InChI is InChI=1S/C15H19F3O9S/c1-13(2,3)12(20)25-10-9(27-28(21,22)15(16,17)18)8(24-11(10)19)7-6-23-14(4,5)26-7/h7-8H,6H2,1-5H3. The molecule has 0 N–H and O–H groups in total. The van der Waals surface area contributed by atoms with Crippen LogP contribution >= 0.6 is 0 Å². The largest absolute Gasteiger partial charge is 0.534 e. The molecule has 0 amide bonds. The highest BCUT2D eigenvalue weighted by Gasteiger charge is 2.55. The van der Waals surface area contributed by atoms with Crippen molar-refractivity contribution in [2.75, 3.05) is 6.61 Å². The smallest absolute Gasteiger partial charge is 0.445 e. The summed E-state index contributed by atoms with van der Waals surface area (Å²) in [7, 11) is -6.18. The molecule has 0 radical (unpaired) electrons. The highest BCUT2D eigenvalue weighted by molar-refractivity contribution is 7.87. The van der Waals surface area contributed by atoms with Crippen LogP contribution in [0.3, 0.4) is 0 Å². The number of ether oxygens (including phenoxy) is 4. The first-order valence-electron chi connectivity index (χ1n) is 7.94. The molecule has 0 aromatic rings. The lowest BCUT2D eigenvalue weighted by molar-refractivity contribution is -0.164. The second-order valence-electron chi connectivity index (χ2n) is 7.51. The van der Waals surface area contributed by atoms with Gasteiger partial charge in [0.05, 0.1) is 12.0 Å². The van der Waals surface area contributed by atoms with Crippen molar-refractivity contribution in [1.29, 1.82) is 0 Å². The minimum atomic E-state index is -6.18. The van der Waals surface area contributed by atoms with Gasteiger partial charge >= 0.3 is 27.6 Å². The Bertz CT molecular complexity index is 806. The van der Waals surface area contributed by atoms with E-state index in [0.29, 0.717) is 0 Å². The molecule has 1 saturated heterocycles. The number of hydrogen-bond donors (Lipinski definition) is 0. The number of alkyl halides is 3. The van der Waals surface area contributed by atoms with Gasteiger partial charge in [-0.1, -0.05) is 0 Å². The maximum Gasteiger partial charge on any atom is 0.534 e. The molecule has 2 aliphatic rings. The zero-order valence-corrected chi connectivity index (χ0v) is 16.4. The summed E-state index contributed by atoms with van der Waals surface area (Å²) in [5.74, 6) is -5.79. The number of rotatable bonds is 4. The molecule has 2 rings (SSSR count). The highest BCUT2D eigenvalue weighted by atomic mass is 32.2. The van der Waals surface area contributed by atoms with Crippen LogP contribution in [0.25, 0.3) is 0 Å². The van der Waals surface area contributed by atoms with E-state index in [1.165, 1.54) is 34.6 Å². The van der Waals surface area contributed by atoms with Gasteiger partial charge in [-0.05, 0) is 34.6 Å². The zero-order chi connectivity index (χ0) is 21.7. The maximum atomic E-state index is 12.8. The van der Waals surface area contributed by atoms with Crippen LogP contribution in [0.1, 0.15) is 34.6 Å². The number of cyclic esters (lactones) is 1. The summed E-state index contributed by atoms with van der Waals surface area (Å²) < 4.78 is 85.7. The van der Waals surface area contributed by atoms with E-state index in [1.54, 1.807) is 0 Å². The van der Waals surface area contributed by atoms with Crippen molar-refractivity contribution >= 4 is 22.1 Å². The van der Waals surface area contributed by atoms with Crippen LogP contribution in [-0.4, -0.2) is 50.5 Å². The van der Waals surface area contributed by atoms with Gasteiger partial charge < -0.3 is 23.1 Å².